The zero-order chi connectivity index (χ0) is 10.7. The molecule has 0 unspecified atom stereocenters. The van der Waals surface area contributed by atoms with Crippen LogP contribution in [0, 0.1) is 11.8 Å². The molecule has 78 valence electrons. The van der Waals surface area contributed by atoms with Gasteiger partial charge in [0.1, 0.15) is 0 Å². The zero-order valence-electron chi connectivity index (χ0n) is 8.56. The van der Waals surface area contributed by atoms with Crippen LogP contribution in [0.4, 0.5) is 0 Å². The van der Waals surface area contributed by atoms with Crippen LogP contribution < -0.4 is 0 Å². The third-order valence-corrected chi connectivity index (χ3v) is 2.86. The Kier molecular flexibility index (Phi) is 3.28. The minimum Gasteiger partial charge on any atom is -0.411 e. The molecule has 1 aliphatic carbocycles. The smallest absolute Gasteiger partial charge is 0.0662 e. The Morgan fingerprint density at radius 2 is 1.71 bits per heavy atom. The van der Waals surface area contributed by atoms with Crippen LogP contribution in [0.25, 0.3) is 0 Å². The Morgan fingerprint density at radius 1 is 1.29 bits per heavy atom. The average Bonchev–Trinajstić information content (AvgIpc) is 2.17. The molecule has 4 heteroatoms. The fourth-order valence-corrected chi connectivity index (χ4v) is 1.73. The maximum Gasteiger partial charge on any atom is 0.0662 e. The number of nitrogens with zero attached hydrogens (tertiary/aromatic N) is 2. The van der Waals surface area contributed by atoms with Crippen molar-refractivity contribution in [3.63, 3.8) is 0 Å². The maximum atomic E-state index is 8.80. The summed E-state index contributed by atoms with van der Waals surface area (Å²) < 4.78 is 0. The Morgan fingerprint density at radius 3 is 2.00 bits per heavy atom. The summed E-state index contributed by atoms with van der Waals surface area (Å²) in [6, 6.07) is 0. The fraction of sp³-hybridized carbons (Fsp3) is 0.600. The zero-order valence-corrected chi connectivity index (χ0v) is 8.56. The molecule has 1 aliphatic rings. The van der Waals surface area contributed by atoms with E-state index in [4.69, 9.17) is 10.4 Å². The van der Waals surface area contributed by atoms with Crippen molar-refractivity contribution in [2.75, 3.05) is 0 Å². The second-order valence-electron chi connectivity index (χ2n) is 3.86. The van der Waals surface area contributed by atoms with E-state index in [1.807, 2.05) is 13.8 Å². The van der Waals surface area contributed by atoms with Crippen LogP contribution in [0.2, 0.25) is 0 Å². The van der Waals surface area contributed by atoms with Crippen molar-refractivity contribution in [3.8, 4) is 0 Å². The Balaban J connectivity index is 2.90. The van der Waals surface area contributed by atoms with Crippen molar-refractivity contribution >= 4 is 11.4 Å². The molecule has 1 saturated carbocycles. The molecule has 14 heavy (non-hydrogen) atoms. The highest BCUT2D eigenvalue weighted by Crippen LogP contribution is 2.29. The second-order valence-corrected chi connectivity index (χ2v) is 3.86. The number of oxime groups is 2. The third-order valence-electron chi connectivity index (χ3n) is 2.86. The lowest BCUT2D eigenvalue weighted by Gasteiger charge is -2.28. The monoisotopic (exact) mass is 196 g/mol. The lowest BCUT2D eigenvalue weighted by Crippen LogP contribution is -2.32. The molecule has 0 amide bonds. The molecule has 0 aromatic carbocycles. The van der Waals surface area contributed by atoms with Crippen LogP contribution in [0.3, 0.4) is 0 Å². The first-order chi connectivity index (χ1) is 6.60. The maximum absolute atomic E-state index is 8.80. The van der Waals surface area contributed by atoms with Crippen LogP contribution in [0.5, 0.6) is 0 Å². The van der Waals surface area contributed by atoms with E-state index >= 15 is 0 Å². The van der Waals surface area contributed by atoms with Crippen LogP contribution in [0.15, 0.2) is 22.5 Å². The lowest BCUT2D eigenvalue weighted by atomic mass is 9.77. The molecule has 0 atom stereocenters. The van der Waals surface area contributed by atoms with Gasteiger partial charge in [0.2, 0.25) is 0 Å². The molecular weight excluding hydrogens is 180 g/mol. The van der Waals surface area contributed by atoms with Gasteiger partial charge >= 0.3 is 0 Å². The predicted molar refractivity (Wildman–Crippen MR) is 55.1 cm³/mol. The summed E-state index contributed by atoms with van der Waals surface area (Å²) in [6.07, 6.45) is 1.40. The molecule has 0 saturated heterocycles. The van der Waals surface area contributed by atoms with Crippen molar-refractivity contribution in [2.24, 2.45) is 22.1 Å². The van der Waals surface area contributed by atoms with E-state index in [-0.39, 0.29) is 11.8 Å². The van der Waals surface area contributed by atoms with Crippen LogP contribution in [-0.4, -0.2) is 21.8 Å². The normalized spacial score (nSPS) is 33.6. The summed E-state index contributed by atoms with van der Waals surface area (Å²) in [5.41, 5.74) is 2.35. The summed E-state index contributed by atoms with van der Waals surface area (Å²) in [5.74, 6) is 0.156. The molecule has 0 bridgehead atoms. The van der Waals surface area contributed by atoms with Crippen LogP contribution in [-0.2, 0) is 0 Å². The number of hydrogen-bond donors (Lipinski definition) is 2. The fourth-order valence-electron chi connectivity index (χ4n) is 1.73. The minimum atomic E-state index is -0.0689. The van der Waals surface area contributed by atoms with E-state index < -0.39 is 0 Å². The van der Waals surface area contributed by atoms with Crippen LogP contribution >= 0.6 is 0 Å². The molecule has 1 fully saturated rings. The molecule has 0 radical (unpaired) electrons. The van der Waals surface area contributed by atoms with E-state index in [2.05, 4.69) is 16.9 Å². The van der Waals surface area contributed by atoms with Crippen molar-refractivity contribution in [1.29, 1.82) is 0 Å². The first kappa shape index (κ1) is 10.8. The van der Waals surface area contributed by atoms with Crippen molar-refractivity contribution in [1.82, 2.24) is 0 Å². The van der Waals surface area contributed by atoms with E-state index in [1.165, 1.54) is 0 Å². The van der Waals surface area contributed by atoms with E-state index in [0.717, 1.165) is 5.57 Å². The summed E-state index contributed by atoms with van der Waals surface area (Å²) in [6.45, 7) is 7.68. The van der Waals surface area contributed by atoms with E-state index in [9.17, 15) is 0 Å². The summed E-state index contributed by atoms with van der Waals surface area (Å²) in [7, 11) is 0. The molecule has 0 aromatic rings. The average molecular weight is 196 g/mol. The third kappa shape index (κ3) is 1.95. The van der Waals surface area contributed by atoms with Gasteiger partial charge in [0.05, 0.1) is 11.4 Å². The van der Waals surface area contributed by atoms with Gasteiger partial charge in [0.25, 0.3) is 0 Å². The van der Waals surface area contributed by atoms with Gasteiger partial charge in [-0.1, -0.05) is 29.4 Å². The lowest BCUT2D eigenvalue weighted by molar-refractivity contribution is 0.305. The molecule has 0 aromatic heterocycles. The molecule has 0 spiro atoms. The van der Waals surface area contributed by atoms with Gasteiger partial charge in [-0.2, -0.15) is 0 Å². The highest BCUT2D eigenvalue weighted by molar-refractivity contribution is 6.09. The summed E-state index contributed by atoms with van der Waals surface area (Å²) in [5, 5.41) is 24.1. The Labute approximate surface area is 83.6 Å². The molecule has 4 nitrogen and oxygen atoms in total. The van der Waals surface area contributed by atoms with Gasteiger partial charge < -0.3 is 10.4 Å². The molecule has 0 heterocycles. The highest BCUT2D eigenvalue weighted by atomic mass is 16.4. The SMILES string of the molecule is C=C(C)C1C/C(=N\O)C(C)/C(=N/O)C1. The topological polar surface area (TPSA) is 65.2 Å². The number of rotatable bonds is 1. The minimum absolute atomic E-state index is 0.0689. The van der Waals surface area contributed by atoms with Crippen molar-refractivity contribution in [2.45, 2.75) is 26.7 Å². The predicted octanol–water partition coefficient (Wildman–Crippen LogP) is 2.27. The van der Waals surface area contributed by atoms with Gasteiger partial charge in [-0.05, 0) is 25.7 Å². The first-order valence-electron chi connectivity index (χ1n) is 4.67. The van der Waals surface area contributed by atoms with Gasteiger partial charge in [0.15, 0.2) is 0 Å². The largest absolute Gasteiger partial charge is 0.411 e. The quantitative estimate of drug-likeness (QED) is 0.384. The van der Waals surface area contributed by atoms with Crippen molar-refractivity contribution < 1.29 is 10.4 Å². The highest BCUT2D eigenvalue weighted by Gasteiger charge is 2.30. The van der Waals surface area contributed by atoms with Gasteiger partial charge in [0, 0.05) is 5.92 Å². The van der Waals surface area contributed by atoms with Crippen LogP contribution in [0.1, 0.15) is 26.7 Å². The van der Waals surface area contributed by atoms with Gasteiger partial charge in [-0.3, -0.25) is 0 Å². The van der Waals surface area contributed by atoms with Gasteiger partial charge in [-0.15, -0.1) is 0 Å². The summed E-state index contributed by atoms with van der Waals surface area (Å²) >= 11 is 0. The number of hydrogen-bond acceptors (Lipinski definition) is 4. The first-order valence-corrected chi connectivity index (χ1v) is 4.67. The molecular formula is C10H16N2O2. The second kappa shape index (κ2) is 4.26. The number of allylic oxidation sites excluding steroid dienone is 1. The van der Waals surface area contributed by atoms with E-state index in [0.29, 0.717) is 24.3 Å². The van der Waals surface area contributed by atoms with E-state index in [1.54, 1.807) is 0 Å². The molecule has 2 N–H and O–H groups in total. The summed E-state index contributed by atoms with van der Waals surface area (Å²) in [4.78, 5) is 0. The van der Waals surface area contributed by atoms with Gasteiger partial charge in [-0.25, -0.2) is 0 Å². The Bertz CT molecular complexity index is 272. The molecule has 0 aliphatic heterocycles. The molecule has 1 rings (SSSR count). The van der Waals surface area contributed by atoms with Crippen molar-refractivity contribution in [3.05, 3.63) is 12.2 Å². The standard InChI is InChI=1S/C10H16N2O2/c1-6(2)8-4-9(11-13)7(3)10(5-8)12-14/h7-8,13-14H,1,4-5H2,2-3H3/b11-9+,12-10+. The Hall–Kier alpha value is -1.32.